The molecule has 0 aliphatic heterocycles. The van der Waals surface area contributed by atoms with E-state index in [0.717, 1.165) is 27.0 Å². The van der Waals surface area contributed by atoms with Crippen LogP contribution in [-0.4, -0.2) is 0 Å². The highest BCUT2D eigenvalue weighted by atomic mass is 79.9. The van der Waals surface area contributed by atoms with Crippen molar-refractivity contribution in [3.63, 3.8) is 0 Å². The molecule has 0 unspecified atom stereocenters. The number of hydrogen-bond donors (Lipinski definition) is 1. The minimum Gasteiger partial charge on any atom is -0.489 e. The first-order chi connectivity index (χ1) is 12.5. The summed E-state index contributed by atoms with van der Waals surface area (Å²) in [5, 5.41) is 4.44. The Hall–Kier alpha value is -1.75. The molecule has 0 radical (unpaired) electrons. The van der Waals surface area contributed by atoms with E-state index in [0.29, 0.717) is 23.2 Å². The monoisotopic (exact) mass is 453 g/mol. The summed E-state index contributed by atoms with van der Waals surface area (Å²) in [4.78, 5) is 0. The van der Waals surface area contributed by atoms with Crippen LogP contribution >= 0.6 is 39.1 Å². The third kappa shape index (κ3) is 5.37. The maximum absolute atomic E-state index is 13.0. The van der Waals surface area contributed by atoms with Gasteiger partial charge in [-0.15, -0.1) is 0 Å². The zero-order valence-electron chi connectivity index (χ0n) is 13.6. The zero-order chi connectivity index (χ0) is 18.5. The van der Waals surface area contributed by atoms with Crippen LogP contribution in [0.5, 0.6) is 5.75 Å². The van der Waals surface area contributed by atoms with Crippen LogP contribution in [0.4, 0.5) is 10.1 Å². The highest BCUT2D eigenvalue weighted by Gasteiger charge is 2.07. The molecule has 2 nitrogen and oxygen atoms in total. The Labute approximate surface area is 170 Å². The highest BCUT2D eigenvalue weighted by Crippen LogP contribution is 2.27. The molecule has 134 valence electrons. The summed E-state index contributed by atoms with van der Waals surface area (Å²) in [6.45, 7) is 0.896. The molecule has 6 heteroatoms. The van der Waals surface area contributed by atoms with Crippen molar-refractivity contribution in [2.24, 2.45) is 0 Å². The Bertz CT molecular complexity index is 883. The van der Waals surface area contributed by atoms with Crippen LogP contribution in [0, 0.1) is 5.82 Å². The van der Waals surface area contributed by atoms with E-state index in [4.69, 9.17) is 27.9 Å². The molecular formula is C20H15BrCl2FNO. The molecule has 0 saturated carbocycles. The lowest BCUT2D eigenvalue weighted by atomic mass is 10.2. The van der Waals surface area contributed by atoms with Gasteiger partial charge in [-0.2, -0.15) is 0 Å². The van der Waals surface area contributed by atoms with Gasteiger partial charge >= 0.3 is 0 Å². The van der Waals surface area contributed by atoms with Gasteiger partial charge < -0.3 is 10.1 Å². The highest BCUT2D eigenvalue weighted by molar-refractivity contribution is 9.10. The third-order valence-corrected chi connectivity index (χ3v) is 4.61. The second-order valence-corrected chi connectivity index (χ2v) is 7.47. The molecule has 1 N–H and O–H groups in total. The fourth-order valence-electron chi connectivity index (χ4n) is 2.42. The van der Waals surface area contributed by atoms with Crippen LogP contribution in [0.2, 0.25) is 10.0 Å². The summed E-state index contributed by atoms with van der Waals surface area (Å²) in [7, 11) is 0. The second-order valence-electron chi connectivity index (χ2n) is 5.68. The van der Waals surface area contributed by atoms with E-state index >= 15 is 0 Å². The predicted octanol–water partition coefficient (Wildman–Crippen LogP) is 7.09. The number of hydrogen-bond acceptors (Lipinski definition) is 2. The summed E-state index contributed by atoms with van der Waals surface area (Å²) in [6.07, 6.45) is 0. The molecule has 0 saturated heterocycles. The van der Waals surface area contributed by atoms with Crippen LogP contribution < -0.4 is 10.1 Å². The normalized spacial score (nSPS) is 10.6. The number of benzene rings is 3. The minimum atomic E-state index is -0.262. The quantitative estimate of drug-likeness (QED) is 0.429. The maximum Gasteiger partial charge on any atom is 0.124 e. The van der Waals surface area contributed by atoms with Gasteiger partial charge in [0.05, 0.1) is 0 Å². The first kappa shape index (κ1) is 19.0. The van der Waals surface area contributed by atoms with E-state index in [1.165, 1.54) is 12.1 Å². The SMILES string of the molecule is Fc1ccc(COc2ccc(Br)cc2CNc2cc(Cl)cc(Cl)c2)cc1. The standard InChI is InChI=1S/C20H15BrCl2FNO/c21-15-3-6-20(26-12-13-1-4-18(24)5-2-13)14(7-15)11-25-19-9-16(22)8-17(23)10-19/h1-10,25H,11-12H2. The lowest BCUT2D eigenvalue weighted by Gasteiger charge is -2.14. The van der Waals surface area contributed by atoms with Gasteiger partial charge in [0.1, 0.15) is 18.2 Å². The molecular weight excluding hydrogens is 440 g/mol. The van der Waals surface area contributed by atoms with Gasteiger partial charge in [0.15, 0.2) is 0 Å². The van der Waals surface area contributed by atoms with Gasteiger partial charge in [0.2, 0.25) is 0 Å². The molecule has 3 aromatic carbocycles. The lowest BCUT2D eigenvalue weighted by molar-refractivity contribution is 0.303. The fourth-order valence-corrected chi connectivity index (χ4v) is 3.36. The Balaban J connectivity index is 1.71. The van der Waals surface area contributed by atoms with E-state index in [1.807, 2.05) is 30.3 Å². The van der Waals surface area contributed by atoms with Crippen molar-refractivity contribution in [3.05, 3.63) is 92.1 Å². The number of anilines is 1. The van der Waals surface area contributed by atoms with E-state index < -0.39 is 0 Å². The molecule has 26 heavy (non-hydrogen) atoms. The second kappa shape index (κ2) is 8.76. The molecule has 0 bridgehead atoms. The van der Waals surface area contributed by atoms with Gasteiger partial charge in [-0.1, -0.05) is 51.3 Å². The number of nitrogens with one attached hydrogen (secondary N) is 1. The van der Waals surface area contributed by atoms with E-state index in [1.54, 1.807) is 18.2 Å². The molecule has 3 rings (SSSR count). The maximum atomic E-state index is 13.0. The van der Waals surface area contributed by atoms with E-state index in [2.05, 4.69) is 21.2 Å². The average molecular weight is 455 g/mol. The van der Waals surface area contributed by atoms with Crippen molar-refractivity contribution in [1.82, 2.24) is 0 Å². The molecule has 0 aromatic heterocycles. The average Bonchev–Trinajstić information content (AvgIpc) is 2.60. The van der Waals surface area contributed by atoms with E-state index in [-0.39, 0.29) is 5.82 Å². The largest absolute Gasteiger partial charge is 0.489 e. The number of halogens is 4. The predicted molar refractivity (Wildman–Crippen MR) is 109 cm³/mol. The first-order valence-electron chi connectivity index (χ1n) is 7.85. The molecule has 0 amide bonds. The summed E-state index contributed by atoms with van der Waals surface area (Å²) < 4.78 is 19.9. The summed E-state index contributed by atoms with van der Waals surface area (Å²) in [5.41, 5.74) is 2.69. The Kier molecular flexibility index (Phi) is 6.41. The molecule has 0 atom stereocenters. The van der Waals surface area contributed by atoms with Crippen molar-refractivity contribution in [2.75, 3.05) is 5.32 Å². The van der Waals surface area contributed by atoms with Crippen LogP contribution in [0.3, 0.4) is 0 Å². The van der Waals surface area contributed by atoms with Crippen molar-refractivity contribution in [2.45, 2.75) is 13.2 Å². The molecule has 0 spiro atoms. The van der Waals surface area contributed by atoms with Crippen LogP contribution in [0.1, 0.15) is 11.1 Å². The third-order valence-electron chi connectivity index (χ3n) is 3.68. The first-order valence-corrected chi connectivity index (χ1v) is 9.40. The minimum absolute atomic E-state index is 0.262. The van der Waals surface area contributed by atoms with Gasteiger partial charge in [0, 0.05) is 32.3 Å². The smallest absolute Gasteiger partial charge is 0.124 e. The lowest BCUT2D eigenvalue weighted by Crippen LogP contribution is -2.04. The van der Waals surface area contributed by atoms with Gasteiger partial charge in [-0.25, -0.2) is 4.39 Å². The van der Waals surface area contributed by atoms with E-state index in [9.17, 15) is 4.39 Å². The van der Waals surface area contributed by atoms with Crippen molar-refractivity contribution in [3.8, 4) is 5.75 Å². The van der Waals surface area contributed by atoms with Gasteiger partial charge in [-0.05, 0) is 54.1 Å². The van der Waals surface area contributed by atoms with Crippen molar-refractivity contribution in [1.29, 1.82) is 0 Å². The molecule has 0 aliphatic carbocycles. The van der Waals surface area contributed by atoms with Gasteiger partial charge in [-0.3, -0.25) is 0 Å². The molecule has 0 fully saturated rings. The molecule has 3 aromatic rings. The summed E-state index contributed by atoms with van der Waals surface area (Å²) >= 11 is 15.5. The van der Waals surface area contributed by atoms with Crippen LogP contribution in [-0.2, 0) is 13.2 Å². The Morgan fingerprint density at radius 2 is 1.62 bits per heavy atom. The summed E-state index contributed by atoms with van der Waals surface area (Å²) in [6, 6.07) is 17.4. The molecule has 0 aliphatic rings. The summed E-state index contributed by atoms with van der Waals surface area (Å²) in [5.74, 6) is 0.487. The Morgan fingerprint density at radius 3 is 2.31 bits per heavy atom. The molecule has 0 heterocycles. The topological polar surface area (TPSA) is 21.3 Å². The zero-order valence-corrected chi connectivity index (χ0v) is 16.7. The Morgan fingerprint density at radius 1 is 0.923 bits per heavy atom. The van der Waals surface area contributed by atoms with Crippen molar-refractivity contribution >= 4 is 44.8 Å². The number of rotatable bonds is 6. The van der Waals surface area contributed by atoms with Crippen LogP contribution in [0.25, 0.3) is 0 Å². The number of ether oxygens (including phenoxy) is 1. The van der Waals surface area contributed by atoms with Crippen LogP contribution in [0.15, 0.2) is 65.1 Å². The van der Waals surface area contributed by atoms with Crippen molar-refractivity contribution < 1.29 is 9.13 Å². The fraction of sp³-hybridized carbons (Fsp3) is 0.100. The van der Waals surface area contributed by atoms with Gasteiger partial charge in [0.25, 0.3) is 0 Å².